The molecule has 7 nitrogen and oxygen atoms in total. The molecule has 3 aliphatic rings. The van der Waals surface area contributed by atoms with Gasteiger partial charge in [0, 0.05) is 45.0 Å². The number of nitrogens with one attached hydrogen (secondary N) is 1. The number of urea groups is 1. The van der Waals surface area contributed by atoms with Crippen molar-refractivity contribution in [2.24, 2.45) is 0 Å². The van der Waals surface area contributed by atoms with Crippen LogP contribution in [0.15, 0.2) is 24.3 Å². The molecule has 3 fully saturated rings. The molecule has 2 atom stereocenters. The van der Waals surface area contributed by atoms with Crippen molar-refractivity contribution < 1.29 is 27.5 Å². The van der Waals surface area contributed by atoms with Crippen molar-refractivity contribution in [1.29, 1.82) is 0 Å². The number of amides is 3. The zero-order valence-corrected chi connectivity index (χ0v) is 15.8. The van der Waals surface area contributed by atoms with E-state index in [1.54, 1.807) is 9.80 Å². The number of alkyl halides is 3. The standard InChI is InChI=1S/C19H23F3N4O3/c20-19(21,22)13-1-3-14(4-2-13)24-7-9-25(10-8-24)18(28)26-6-5-16-15(11-26)23-17(27)12-29-16/h1-4,15-16H,5-12H2,(H,23,27)/t15-,16?/m1/s1. The normalized spacial score (nSPS) is 25.5. The summed E-state index contributed by atoms with van der Waals surface area (Å²) in [7, 11) is 0. The second-order valence-corrected chi connectivity index (χ2v) is 7.56. The van der Waals surface area contributed by atoms with E-state index in [-0.39, 0.29) is 30.7 Å². The van der Waals surface area contributed by atoms with Crippen LogP contribution < -0.4 is 10.2 Å². The monoisotopic (exact) mass is 412 g/mol. The Labute approximate surface area is 166 Å². The van der Waals surface area contributed by atoms with Crippen LogP contribution in [0.1, 0.15) is 12.0 Å². The second-order valence-electron chi connectivity index (χ2n) is 7.56. The van der Waals surface area contributed by atoms with Crippen molar-refractivity contribution in [2.75, 3.05) is 50.8 Å². The second kappa shape index (κ2) is 7.74. The number of carbonyl (C=O) groups excluding carboxylic acids is 2. The molecule has 10 heteroatoms. The Morgan fingerprint density at radius 2 is 1.72 bits per heavy atom. The van der Waals surface area contributed by atoms with Crippen LogP contribution in [-0.2, 0) is 15.7 Å². The van der Waals surface area contributed by atoms with Crippen LogP contribution in [0.5, 0.6) is 0 Å². The van der Waals surface area contributed by atoms with Crippen molar-refractivity contribution in [3.63, 3.8) is 0 Å². The quantitative estimate of drug-likeness (QED) is 0.760. The van der Waals surface area contributed by atoms with Crippen molar-refractivity contribution in [1.82, 2.24) is 15.1 Å². The molecule has 0 saturated carbocycles. The molecule has 3 amide bonds. The van der Waals surface area contributed by atoms with Gasteiger partial charge in [0.1, 0.15) is 6.61 Å². The number of anilines is 1. The fourth-order valence-corrected chi connectivity index (χ4v) is 4.09. The number of nitrogens with zero attached hydrogens (tertiary/aromatic N) is 3. The van der Waals surface area contributed by atoms with Gasteiger partial charge in [-0.2, -0.15) is 13.2 Å². The molecule has 1 aromatic carbocycles. The lowest BCUT2D eigenvalue weighted by atomic mass is 10.0. The van der Waals surface area contributed by atoms with E-state index in [1.165, 1.54) is 12.1 Å². The van der Waals surface area contributed by atoms with Crippen LogP contribution in [0.25, 0.3) is 0 Å². The van der Waals surface area contributed by atoms with Crippen LogP contribution in [0, 0.1) is 0 Å². The average Bonchev–Trinajstić information content (AvgIpc) is 2.72. The average molecular weight is 412 g/mol. The van der Waals surface area contributed by atoms with E-state index in [4.69, 9.17) is 4.74 Å². The van der Waals surface area contributed by atoms with Crippen LogP contribution in [0.3, 0.4) is 0 Å². The Kier molecular flexibility index (Phi) is 5.28. The number of piperazine rings is 1. The first-order valence-electron chi connectivity index (χ1n) is 9.68. The van der Waals surface area contributed by atoms with Crippen LogP contribution in [0.4, 0.5) is 23.7 Å². The Bertz CT molecular complexity index is 763. The number of benzene rings is 1. The van der Waals surface area contributed by atoms with E-state index in [9.17, 15) is 22.8 Å². The SMILES string of the molecule is O=C1COC2CCN(C(=O)N3CCN(c4ccc(C(F)(F)F)cc4)CC3)C[C@H]2N1. The number of rotatable bonds is 1. The summed E-state index contributed by atoms with van der Waals surface area (Å²) < 4.78 is 43.7. The summed E-state index contributed by atoms with van der Waals surface area (Å²) in [5, 5.41) is 2.89. The van der Waals surface area contributed by atoms with Gasteiger partial charge in [-0.05, 0) is 30.7 Å². The molecular weight excluding hydrogens is 389 g/mol. The summed E-state index contributed by atoms with van der Waals surface area (Å²) in [6.07, 6.45) is -3.71. The van der Waals surface area contributed by atoms with Crippen molar-refractivity contribution in [3.8, 4) is 0 Å². The van der Waals surface area contributed by atoms with E-state index < -0.39 is 11.7 Å². The highest BCUT2D eigenvalue weighted by atomic mass is 19.4. The first-order valence-corrected chi connectivity index (χ1v) is 9.68. The van der Waals surface area contributed by atoms with E-state index >= 15 is 0 Å². The van der Waals surface area contributed by atoms with Crippen molar-refractivity contribution >= 4 is 17.6 Å². The summed E-state index contributed by atoms with van der Waals surface area (Å²) in [5.41, 5.74) is 0.0465. The number of hydrogen-bond acceptors (Lipinski definition) is 4. The van der Waals surface area contributed by atoms with Crippen LogP contribution in [-0.4, -0.2) is 79.8 Å². The molecule has 4 rings (SSSR count). The Morgan fingerprint density at radius 3 is 2.38 bits per heavy atom. The number of piperidine rings is 1. The van der Waals surface area contributed by atoms with E-state index in [0.29, 0.717) is 51.4 Å². The molecular formula is C19H23F3N4O3. The molecule has 158 valence electrons. The zero-order chi connectivity index (χ0) is 20.6. The summed E-state index contributed by atoms with van der Waals surface area (Å²) in [6, 6.07) is 4.85. The lowest BCUT2D eigenvalue weighted by molar-refractivity contribution is -0.139. The number of carbonyl (C=O) groups is 2. The number of hydrogen-bond donors (Lipinski definition) is 1. The molecule has 3 saturated heterocycles. The van der Waals surface area contributed by atoms with Gasteiger partial charge in [0.15, 0.2) is 0 Å². The fraction of sp³-hybridized carbons (Fsp3) is 0.579. The minimum Gasteiger partial charge on any atom is -0.368 e. The van der Waals surface area contributed by atoms with Gasteiger partial charge < -0.3 is 24.8 Å². The highest BCUT2D eigenvalue weighted by molar-refractivity contribution is 5.79. The molecule has 0 spiro atoms. The Hall–Kier alpha value is -2.49. The number of halogens is 3. The minimum absolute atomic E-state index is 0.0479. The highest BCUT2D eigenvalue weighted by Crippen LogP contribution is 2.30. The first-order chi connectivity index (χ1) is 13.8. The Morgan fingerprint density at radius 1 is 1.03 bits per heavy atom. The van der Waals surface area contributed by atoms with Crippen molar-refractivity contribution in [2.45, 2.75) is 24.7 Å². The van der Waals surface area contributed by atoms with Gasteiger partial charge in [0.05, 0.1) is 17.7 Å². The number of morpholine rings is 1. The van der Waals surface area contributed by atoms with Gasteiger partial charge in [-0.15, -0.1) is 0 Å². The maximum absolute atomic E-state index is 12.9. The van der Waals surface area contributed by atoms with Gasteiger partial charge in [0.25, 0.3) is 0 Å². The molecule has 0 radical (unpaired) electrons. The van der Waals surface area contributed by atoms with E-state index in [2.05, 4.69) is 5.32 Å². The number of likely N-dealkylation sites (tertiary alicyclic amines) is 1. The summed E-state index contributed by atoms with van der Waals surface area (Å²) in [6.45, 7) is 3.17. The molecule has 29 heavy (non-hydrogen) atoms. The predicted molar refractivity (Wildman–Crippen MR) is 98.5 cm³/mol. The van der Waals surface area contributed by atoms with Gasteiger partial charge in [-0.3, -0.25) is 4.79 Å². The third-order valence-corrected chi connectivity index (χ3v) is 5.70. The maximum atomic E-state index is 12.9. The molecule has 3 heterocycles. The minimum atomic E-state index is -4.35. The lowest BCUT2D eigenvalue weighted by Gasteiger charge is -2.44. The summed E-state index contributed by atoms with van der Waals surface area (Å²) in [4.78, 5) is 29.9. The molecule has 1 unspecified atom stereocenters. The largest absolute Gasteiger partial charge is 0.416 e. The van der Waals surface area contributed by atoms with Crippen molar-refractivity contribution in [3.05, 3.63) is 29.8 Å². The first kappa shape index (κ1) is 19.8. The topological polar surface area (TPSA) is 65.1 Å². The van der Waals surface area contributed by atoms with Crippen LogP contribution in [0.2, 0.25) is 0 Å². The lowest BCUT2D eigenvalue weighted by Crippen LogP contribution is -2.63. The zero-order valence-electron chi connectivity index (χ0n) is 15.8. The number of ether oxygens (including phenoxy) is 1. The van der Waals surface area contributed by atoms with Gasteiger partial charge in [-0.1, -0.05) is 0 Å². The molecule has 0 bridgehead atoms. The van der Waals surface area contributed by atoms with Gasteiger partial charge in [0.2, 0.25) is 5.91 Å². The third kappa shape index (κ3) is 4.26. The van der Waals surface area contributed by atoms with Crippen LogP contribution >= 0.6 is 0 Å². The smallest absolute Gasteiger partial charge is 0.368 e. The molecule has 3 aliphatic heterocycles. The van der Waals surface area contributed by atoms with E-state index in [1.807, 2.05) is 4.90 Å². The van der Waals surface area contributed by atoms with Gasteiger partial charge in [-0.25, -0.2) is 4.79 Å². The van der Waals surface area contributed by atoms with Gasteiger partial charge >= 0.3 is 12.2 Å². The molecule has 1 aromatic rings. The maximum Gasteiger partial charge on any atom is 0.416 e. The third-order valence-electron chi connectivity index (χ3n) is 5.70. The van der Waals surface area contributed by atoms with E-state index in [0.717, 1.165) is 12.1 Å². The molecule has 0 aliphatic carbocycles. The Balaban J connectivity index is 1.31. The predicted octanol–water partition coefficient (Wildman–Crippen LogP) is 1.54. The molecule has 0 aromatic heterocycles. The summed E-state index contributed by atoms with van der Waals surface area (Å²) >= 11 is 0. The molecule has 1 N–H and O–H groups in total. The fourth-order valence-electron chi connectivity index (χ4n) is 4.09. The number of fused-ring (bicyclic) bond motifs is 1. The summed E-state index contributed by atoms with van der Waals surface area (Å²) in [5.74, 6) is -0.161. The highest BCUT2D eigenvalue weighted by Gasteiger charge is 2.38.